The van der Waals surface area contributed by atoms with Crippen molar-refractivity contribution in [1.29, 1.82) is 0 Å². The van der Waals surface area contributed by atoms with Gasteiger partial charge in [-0.3, -0.25) is 9.59 Å². The van der Waals surface area contributed by atoms with Gasteiger partial charge in [-0.25, -0.2) is 0 Å². The molecule has 1 amide bonds. The summed E-state index contributed by atoms with van der Waals surface area (Å²) in [6.07, 6.45) is 1.02. The van der Waals surface area contributed by atoms with Crippen molar-refractivity contribution in [3.05, 3.63) is 48.0 Å². The van der Waals surface area contributed by atoms with Crippen LogP contribution >= 0.6 is 0 Å². The molecule has 2 aromatic carbocycles. The van der Waals surface area contributed by atoms with E-state index in [-0.39, 0.29) is 12.5 Å². The molecule has 0 saturated heterocycles. The third-order valence-corrected chi connectivity index (χ3v) is 3.48. The third-order valence-electron chi connectivity index (χ3n) is 3.48. The molecule has 0 heterocycles. The molecular weight excluding hydrogens is 266 g/mol. The molecule has 21 heavy (non-hydrogen) atoms. The molecule has 2 N–H and O–H groups in total. The number of fused-ring (bicyclic) bond motifs is 1. The van der Waals surface area contributed by atoms with E-state index in [4.69, 9.17) is 5.11 Å². The van der Waals surface area contributed by atoms with Crippen LogP contribution in [0, 0.1) is 5.92 Å². The number of hydrogen-bond acceptors (Lipinski definition) is 2. The number of nitrogens with one attached hydrogen (secondary N) is 1. The second-order valence-electron chi connectivity index (χ2n) is 5.22. The summed E-state index contributed by atoms with van der Waals surface area (Å²) >= 11 is 0. The van der Waals surface area contributed by atoms with Crippen LogP contribution in [0.4, 0.5) is 0 Å². The number of hydrogen-bond donors (Lipinski definition) is 2. The maximum Gasteiger partial charge on any atom is 0.308 e. The number of aliphatic carboxylic acids is 1. The molecule has 0 aliphatic rings. The van der Waals surface area contributed by atoms with Gasteiger partial charge < -0.3 is 10.4 Å². The first kappa shape index (κ1) is 15.0. The van der Waals surface area contributed by atoms with Crippen LogP contribution in [0.3, 0.4) is 0 Å². The van der Waals surface area contributed by atoms with Gasteiger partial charge in [0, 0.05) is 13.0 Å². The maximum atomic E-state index is 11.7. The minimum absolute atomic E-state index is 0.115. The first-order valence-corrected chi connectivity index (χ1v) is 7.03. The molecule has 110 valence electrons. The minimum atomic E-state index is -0.898. The Morgan fingerprint density at radius 1 is 1.14 bits per heavy atom. The number of benzene rings is 2. The van der Waals surface area contributed by atoms with E-state index < -0.39 is 11.9 Å². The number of carboxylic acid groups (broad SMARTS) is 1. The monoisotopic (exact) mass is 285 g/mol. The summed E-state index contributed by atoms with van der Waals surface area (Å²) in [5.74, 6) is -1.57. The van der Waals surface area contributed by atoms with Crippen molar-refractivity contribution < 1.29 is 14.7 Å². The average Bonchev–Trinajstić information content (AvgIpc) is 2.50. The van der Waals surface area contributed by atoms with Crippen LogP contribution in [-0.4, -0.2) is 23.5 Å². The molecule has 0 aliphatic heterocycles. The van der Waals surface area contributed by atoms with Crippen LogP contribution in [0.25, 0.3) is 10.8 Å². The smallest absolute Gasteiger partial charge is 0.308 e. The fourth-order valence-corrected chi connectivity index (χ4v) is 2.09. The molecule has 0 spiro atoms. The summed E-state index contributed by atoms with van der Waals surface area (Å²) in [6, 6.07) is 14.3. The van der Waals surface area contributed by atoms with E-state index in [1.54, 1.807) is 6.92 Å². The molecule has 0 radical (unpaired) electrons. The van der Waals surface area contributed by atoms with E-state index in [0.717, 1.165) is 10.9 Å². The fourth-order valence-electron chi connectivity index (χ4n) is 2.09. The molecule has 1 unspecified atom stereocenters. The van der Waals surface area contributed by atoms with E-state index in [0.29, 0.717) is 12.8 Å². The van der Waals surface area contributed by atoms with Gasteiger partial charge in [0.05, 0.1) is 5.92 Å². The fraction of sp³-hybridized carbons (Fsp3) is 0.294. The Hall–Kier alpha value is -2.36. The van der Waals surface area contributed by atoms with Gasteiger partial charge >= 0.3 is 5.97 Å². The first-order valence-electron chi connectivity index (χ1n) is 7.03. The predicted octanol–water partition coefficient (Wildman–Crippen LogP) is 2.61. The van der Waals surface area contributed by atoms with E-state index in [2.05, 4.69) is 23.5 Å². The van der Waals surface area contributed by atoms with Crippen LogP contribution in [0.15, 0.2) is 42.5 Å². The molecule has 0 saturated carbocycles. The van der Waals surface area contributed by atoms with Gasteiger partial charge in [0.2, 0.25) is 5.91 Å². The highest BCUT2D eigenvalue weighted by Crippen LogP contribution is 2.16. The molecule has 0 aromatic heterocycles. The number of amides is 1. The predicted molar refractivity (Wildman–Crippen MR) is 82.1 cm³/mol. The van der Waals surface area contributed by atoms with Gasteiger partial charge in [-0.15, -0.1) is 0 Å². The van der Waals surface area contributed by atoms with Gasteiger partial charge in [-0.2, -0.15) is 0 Å². The normalized spacial score (nSPS) is 12.0. The summed E-state index contributed by atoms with van der Waals surface area (Å²) in [7, 11) is 0. The van der Waals surface area contributed by atoms with Crippen molar-refractivity contribution in [2.75, 3.05) is 6.54 Å². The van der Waals surface area contributed by atoms with Gasteiger partial charge in [0.15, 0.2) is 0 Å². The van der Waals surface area contributed by atoms with Crippen LogP contribution in [0.2, 0.25) is 0 Å². The van der Waals surface area contributed by atoms with E-state index in [9.17, 15) is 9.59 Å². The largest absolute Gasteiger partial charge is 0.481 e. The molecule has 0 aliphatic carbocycles. The van der Waals surface area contributed by atoms with Crippen molar-refractivity contribution in [2.24, 2.45) is 5.92 Å². The lowest BCUT2D eigenvalue weighted by atomic mass is 10.0. The molecule has 4 nitrogen and oxygen atoms in total. The summed E-state index contributed by atoms with van der Waals surface area (Å²) in [4.78, 5) is 22.4. The Kier molecular flexibility index (Phi) is 4.93. The Balaban J connectivity index is 1.86. The summed E-state index contributed by atoms with van der Waals surface area (Å²) in [5, 5.41) is 13.7. The Morgan fingerprint density at radius 3 is 2.57 bits per heavy atom. The zero-order valence-electron chi connectivity index (χ0n) is 12.0. The van der Waals surface area contributed by atoms with Crippen LogP contribution in [-0.2, 0) is 16.0 Å². The number of aryl methyl sites for hydroxylation is 1. The number of carbonyl (C=O) groups excluding carboxylic acids is 1. The van der Waals surface area contributed by atoms with Crippen molar-refractivity contribution >= 4 is 22.6 Å². The Labute approximate surface area is 123 Å². The van der Waals surface area contributed by atoms with Crippen molar-refractivity contribution in [3.63, 3.8) is 0 Å². The topological polar surface area (TPSA) is 66.4 Å². The standard InChI is InChI=1S/C17H19NO3/c1-12(17(20)21)11-18-16(19)9-7-13-6-8-14-4-2-3-5-15(14)10-13/h2-6,8,10,12H,7,9,11H2,1H3,(H,18,19)(H,20,21). The molecule has 2 aromatic rings. The third kappa shape index (κ3) is 4.31. The second-order valence-corrected chi connectivity index (χ2v) is 5.22. The van der Waals surface area contributed by atoms with Crippen LogP contribution in [0.5, 0.6) is 0 Å². The lowest BCUT2D eigenvalue weighted by molar-refractivity contribution is -0.141. The zero-order chi connectivity index (χ0) is 15.2. The van der Waals surface area contributed by atoms with Crippen molar-refractivity contribution in [3.8, 4) is 0 Å². The molecule has 0 fully saturated rings. The van der Waals surface area contributed by atoms with Gasteiger partial charge in [0.1, 0.15) is 0 Å². The van der Waals surface area contributed by atoms with Crippen molar-refractivity contribution in [1.82, 2.24) is 5.32 Å². The highest BCUT2D eigenvalue weighted by atomic mass is 16.4. The molecular formula is C17H19NO3. The average molecular weight is 285 g/mol. The summed E-state index contributed by atoms with van der Waals surface area (Å²) < 4.78 is 0. The maximum absolute atomic E-state index is 11.7. The summed E-state index contributed by atoms with van der Waals surface area (Å²) in [5.41, 5.74) is 1.11. The summed E-state index contributed by atoms with van der Waals surface area (Å²) in [6.45, 7) is 1.75. The molecule has 0 bridgehead atoms. The highest BCUT2D eigenvalue weighted by molar-refractivity contribution is 5.83. The first-order chi connectivity index (χ1) is 10.1. The number of carbonyl (C=O) groups is 2. The van der Waals surface area contributed by atoms with Gasteiger partial charge in [0.25, 0.3) is 0 Å². The van der Waals surface area contributed by atoms with Gasteiger partial charge in [-0.05, 0) is 22.8 Å². The quantitative estimate of drug-likeness (QED) is 0.857. The Morgan fingerprint density at radius 2 is 1.86 bits per heavy atom. The minimum Gasteiger partial charge on any atom is -0.481 e. The second kappa shape index (κ2) is 6.88. The van der Waals surface area contributed by atoms with E-state index in [1.807, 2.05) is 24.3 Å². The number of carboxylic acids is 1. The van der Waals surface area contributed by atoms with Crippen LogP contribution < -0.4 is 5.32 Å². The molecule has 4 heteroatoms. The van der Waals surface area contributed by atoms with Gasteiger partial charge in [-0.1, -0.05) is 49.4 Å². The van der Waals surface area contributed by atoms with E-state index >= 15 is 0 Å². The van der Waals surface area contributed by atoms with Crippen LogP contribution in [0.1, 0.15) is 18.9 Å². The van der Waals surface area contributed by atoms with E-state index in [1.165, 1.54) is 5.39 Å². The Bertz CT molecular complexity index is 651. The zero-order valence-corrected chi connectivity index (χ0v) is 12.0. The lowest BCUT2D eigenvalue weighted by Gasteiger charge is -2.08. The SMILES string of the molecule is CC(CNC(=O)CCc1ccc2ccccc2c1)C(=O)O. The lowest BCUT2D eigenvalue weighted by Crippen LogP contribution is -2.31. The molecule has 2 rings (SSSR count). The van der Waals surface area contributed by atoms with Crippen molar-refractivity contribution in [2.45, 2.75) is 19.8 Å². The highest BCUT2D eigenvalue weighted by Gasteiger charge is 2.12. The molecule has 1 atom stereocenters. The number of rotatable bonds is 6.